The fourth-order valence-corrected chi connectivity index (χ4v) is 2.48. The molecule has 1 aromatic carbocycles. The summed E-state index contributed by atoms with van der Waals surface area (Å²) in [4.78, 5) is 3.21. The Balaban J connectivity index is 1.92. The molecule has 0 radical (unpaired) electrons. The first-order valence-corrected chi connectivity index (χ1v) is 6.71. The lowest BCUT2D eigenvalue weighted by Crippen LogP contribution is -2.43. The van der Waals surface area contributed by atoms with Gasteiger partial charge in [0.25, 0.3) is 0 Å². The van der Waals surface area contributed by atoms with Crippen LogP contribution in [-0.4, -0.2) is 38.4 Å². The minimum atomic E-state index is -2.24. The van der Waals surface area contributed by atoms with Gasteiger partial charge in [0.1, 0.15) is 0 Å². The van der Waals surface area contributed by atoms with E-state index in [4.69, 9.17) is 0 Å². The van der Waals surface area contributed by atoms with Crippen molar-refractivity contribution in [1.29, 1.82) is 0 Å². The van der Waals surface area contributed by atoms with Gasteiger partial charge in [0.15, 0.2) is 0 Å². The summed E-state index contributed by atoms with van der Waals surface area (Å²) in [6.45, 7) is 4.01. The van der Waals surface area contributed by atoms with Gasteiger partial charge in [0, 0.05) is 36.8 Å². The maximum absolute atomic E-state index is 12.1. The van der Waals surface area contributed by atoms with Crippen LogP contribution in [0.5, 0.6) is 0 Å². The number of hydrogen-bond acceptors (Lipinski definition) is 3. The van der Waals surface area contributed by atoms with Crippen molar-refractivity contribution in [3.8, 4) is 0 Å². The van der Waals surface area contributed by atoms with Gasteiger partial charge in [-0.3, -0.25) is 0 Å². The van der Waals surface area contributed by atoms with E-state index in [1.165, 1.54) is 17.4 Å². The van der Waals surface area contributed by atoms with E-state index < -0.39 is 6.43 Å². The molecule has 2 nitrogen and oxygen atoms in total. The quantitative estimate of drug-likeness (QED) is 0.835. The predicted octanol–water partition coefficient (Wildman–Crippen LogP) is 2.45. The molecule has 0 spiro atoms. The third kappa shape index (κ3) is 3.85. The van der Waals surface area contributed by atoms with Crippen LogP contribution in [0.2, 0.25) is 0 Å². The van der Waals surface area contributed by atoms with Crippen molar-refractivity contribution < 1.29 is 8.78 Å². The van der Waals surface area contributed by atoms with E-state index in [1.807, 2.05) is 24.3 Å². The molecule has 0 atom stereocenters. The van der Waals surface area contributed by atoms with Crippen molar-refractivity contribution in [3.63, 3.8) is 0 Å². The Morgan fingerprint density at radius 2 is 1.82 bits per heavy atom. The summed E-state index contributed by atoms with van der Waals surface area (Å²) in [5.74, 6) is -0.132. The fraction of sp³-hybridized carbons (Fsp3) is 0.500. The first kappa shape index (κ1) is 12.6. The van der Waals surface area contributed by atoms with E-state index in [0.717, 1.165) is 31.1 Å². The first-order valence-electron chi connectivity index (χ1n) is 5.72. The molecule has 1 N–H and O–H groups in total. The smallest absolute Gasteiger partial charge is 0.247 e. The Labute approximate surface area is 104 Å². The molecular formula is C12H16F2N2S. The van der Waals surface area contributed by atoms with Gasteiger partial charge in [0.2, 0.25) is 6.43 Å². The molecular weight excluding hydrogens is 242 g/mol. The highest BCUT2D eigenvalue weighted by atomic mass is 32.2. The molecule has 0 aromatic heterocycles. The zero-order valence-corrected chi connectivity index (χ0v) is 10.4. The van der Waals surface area contributed by atoms with Gasteiger partial charge in [0.05, 0.1) is 5.75 Å². The molecule has 0 aliphatic carbocycles. The van der Waals surface area contributed by atoms with Crippen molar-refractivity contribution >= 4 is 17.4 Å². The highest BCUT2D eigenvalue weighted by Crippen LogP contribution is 2.23. The maximum Gasteiger partial charge on any atom is 0.247 e. The Bertz CT molecular complexity index is 337. The van der Waals surface area contributed by atoms with E-state index in [2.05, 4.69) is 10.2 Å². The van der Waals surface area contributed by atoms with Crippen LogP contribution in [0, 0.1) is 0 Å². The standard InChI is InChI=1S/C12H16F2N2S/c13-12(14)9-17-11-3-1-10(2-4-11)16-7-5-15-6-8-16/h1-4,12,15H,5-9H2. The lowest BCUT2D eigenvalue weighted by molar-refractivity contribution is 0.177. The largest absolute Gasteiger partial charge is 0.369 e. The number of piperazine rings is 1. The lowest BCUT2D eigenvalue weighted by Gasteiger charge is -2.29. The summed E-state index contributed by atoms with van der Waals surface area (Å²) >= 11 is 1.20. The number of anilines is 1. The number of hydrogen-bond donors (Lipinski definition) is 1. The molecule has 1 saturated heterocycles. The second kappa shape index (κ2) is 6.21. The average Bonchev–Trinajstić information content (AvgIpc) is 2.38. The minimum absolute atomic E-state index is 0.132. The van der Waals surface area contributed by atoms with Gasteiger partial charge in [-0.05, 0) is 24.3 Å². The van der Waals surface area contributed by atoms with Crippen LogP contribution in [0.25, 0.3) is 0 Å². The van der Waals surface area contributed by atoms with Crippen molar-refractivity contribution in [2.45, 2.75) is 11.3 Å². The van der Waals surface area contributed by atoms with Crippen LogP contribution in [-0.2, 0) is 0 Å². The zero-order chi connectivity index (χ0) is 12.1. The number of rotatable bonds is 4. The van der Waals surface area contributed by atoms with E-state index in [1.54, 1.807) is 0 Å². The molecule has 0 saturated carbocycles. The van der Waals surface area contributed by atoms with E-state index in [0.29, 0.717) is 0 Å². The SMILES string of the molecule is FC(F)CSc1ccc(N2CCNCC2)cc1. The second-order valence-corrected chi connectivity index (χ2v) is 5.03. The van der Waals surface area contributed by atoms with Gasteiger partial charge < -0.3 is 10.2 Å². The van der Waals surface area contributed by atoms with Crippen molar-refractivity contribution in [2.24, 2.45) is 0 Å². The average molecular weight is 258 g/mol. The summed E-state index contributed by atoms with van der Waals surface area (Å²) in [7, 11) is 0. The van der Waals surface area contributed by atoms with Crippen LogP contribution >= 0.6 is 11.8 Å². The third-order valence-corrected chi connectivity index (χ3v) is 3.72. The first-order chi connectivity index (χ1) is 8.25. The third-order valence-electron chi connectivity index (χ3n) is 2.69. The molecule has 17 heavy (non-hydrogen) atoms. The van der Waals surface area contributed by atoms with E-state index >= 15 is 0 Å². The van der Waals surface area contributed by atoms with Crippen LogP contribution in [0.1, 0.15) is 0 Å². The van der Waals surface area contributed by atoms with Crippen molar-refractivity contribution in [3.05, 3.63) is 24.3 Å². The molecule has 1 fully saturated rings. The van der Waals surface area contributed by atoms with Crippen LogP contribution in [0.4, 0.5) is 14.5 Å². The van der Waals surface area contributed by atoms with E-state index in [-0.39, 0.29) is 5.75 Å². The normalized spacial score (nSPS) is 16.5. The van der Waals surface area contributed by atoms with Crippen LogP contribution in [0.3, 0.4) is 0 Å². The zero-order valence-electron chi connectivity index (χ0n) is 9.53. The molecule has 1 aromatic rings. The maximum atomic E-state index is 12.1. The lowest BCUT2D eigenvalue weighted by atomic mass is 10.2. The van der Waals surface area contributed by atoms with Gasteiger partial charge >= 0.3 is 0 Å². The van der Waals surface area contributed by atoms with Gasteiger partial charge in [-0.2, -0.15) is 0 Å². The Morgan fingerprint density at radius 3 is 2.41 bits per heavy atom. The number of thioether (sulfide) groups is 1. The Hall–Kier alpha value is -0.810. The molecule has 1 aliphatic rings. The molecule has 0 unspecified atom stereocenters. The van der Waals surface area contributed by atoms with Gasteiger partial charge in [-0.1, -0.05) is 0 Å². The Kier molecular flexibility index (Phi) is 4.62. The Morgan fingerprint density at radius 1 is 1.18 bits per heavy atom. The highest BCUT2D eigenvalue weighted by Gasteiger charge is 2.10. The topological polar surface area (TPSA) is 15.3 Å². The van der Waals surface area contributed by atoms with E-state index in [9.17, 15) is 8.78 Å². The van der Waals surface area contributed by atoms with Crippen molar-refractivity contribution in [2.75, 3.05) is 36.8 Å². The summed E-state index contributed by atoms with van der Waals surface area (Å²) in [5, 5.41) is 3.30. The minimum Gasteiger partial charge on any atom is -0.369 e. The summed E-state index contributed by atoms with van der Waals surface area (Å²) in [6, 6.07) is 7.87. The molecule has 1 heterocycles. The highest BCUT2D eigenvalue weighted by molar-refractivity contribution is 7.99. The number of benzene rings is 1. The van der Waals surface area contributed by atoms with Crippen LogP contribution in [0.15, 0.2) is 29.2 Å². The number of halogens is 2. The number of nitrogens with zero attached hydrogens (tertiary/aromatic N) is 1. The summed E-state index contributed by atoms with van der Waals surface area (Å²) < 4.78 is 24.1. The second-order valence-electron chi connectivity index (χ2n) is 3.93. The molecule has 1 aliphatic heterocycles. The molecule has 0 bridgehead atoms. The summed E-state index contributed by atoms with van der Waals surface area (Å²) in [5.41, 5.74) is 1.17. The molecule has 2 rings (SSSR count). The fourth-order valence-electron chi connectivity index (χ4n) is 1.84. The number of nitrogens with one attached hydrogen (secondary N) is 1. The summed E-state index contributed by atoms with van der Waals surface area (Å²) in [6.07, 6.45) is -2.24. The van der Waals surface area contributed by atoms with Crippen LogP contribution < -0.4 is 10.2 Å². The molecule has 0 amide bonds. The van der Waals surface area contributed by atoms with Gasteiger partial charge in [-0.25, -0.2) is 8.78 Å². The number of alkyl halides is 2. The predicted molar refractivity (Wildman–Crippen MR) is 68.3 cm³/mol. The van der Waals surface area contributed by atoms with Gasteiger partial charge in [-0.15, -0.1) is 11.8 Å². The molecule has 94 valence electrons. The monoisotopic (exact) mass is 258 g/mol. The van der Waals surface area contributed by atoms with Crippen molar-refractivity contribution in [1.82, 2.24) is 5.32 Å². The molecule has 5 heteroatoms.